The Balaban J connectivity index is 0.00000461. The highest BCUT2D eigenvalue weighted by Gasteiger charge is 2.49. The fourth-order valence-corrected chi connectivity index (χ4v) is 6.12. The van der Waals surface area contributed by atoms with Gasteiger partial charge in [-0.15, -0.1) is 12.4 Å². The standard InChI is InChI=1S/C31H31N7O5S.ClH/c1-31(34-2,30(33)41)22-17-36(28(39)19-44(3,42)43)26-14-8-9-15-27(26)37(29(22)40)18-23-21-11-5-7-13-25(21)38(35-23)24-12-6-4-10-20(24)16-32;/h4-15,22,34H,17-19H2,1-3H3,(H2,33,41);1H/t22-,31?;/m1./s1. The summed E-state index contributed by atoms with van der Waals surface area (Å²) < 4.78 is 25.9. The fourth-order valence-electron chi connectivity index (χ4n) is 5.52. The number of hydrogen-bond donors (Lipinski definition) is 2. The molecule has 1 aliphatic rings. The van der Waals surface area contributed by atoms with Crippen LogP contribution >= 0.6 is 12.4 Å². The first kappa shape index (κ1) is 33.1. The third kappa shape index (κ3) is 6.12. The summed E-state index contributed by atoms with van der Waals surface area (Å²) in [5.41, 5.74) is 7.02. The number of halogens is 1. The Morgan fingerprint density at radius 1 is 1.04 bits per heavy atom. The van der Waals surface area contributed by atoms with Gasteiger partial charge in [-0.1, -0.05) is 42.5 Å². The van der Waals surface area contributed by atoms with Gasteiger partial charge < -0.3 is 20.9 Å². The number of hydrogen-bond acceptors (Lipinski definition) is 8. The molecule has 4 aromatic rings. The van der Waals surface area contributed by atoms with Gasteiger partial charge in [-0.2, -0.15) is 10.4 Å². The number of nitrogens with one attached hydrogen (secondary N) is 1. The molecule has 0 saturated heterocycles. The molecular weight excluding hydrogens is 618 g/mol. The van der Waals surface area contributed by atoms with Gasteiger partial charge in [-0.25, -0.2) is 13.1 Å². The lowest BCUT2D eigenvalue weighted by atomic mass is 9.83. The summed E-state index contributed by atoms with van der Waals surface area (Å²) in [5.74, 6) is -4.07. The van der Waals surface area contributed by atoms with Crippen molar-refractivity contribution in [1.82, 2.24) is 15.1 Å². The van der Waals surface area contributed by atoms with E-state index in [9.17, 15) is 28.1 Å². The van der Waals surface area contributed by atoms with Crippen LogP contribution in [0, 0.1) is 17.2 Å². The van der Waals surface area contributed by atoms with Gasteiger partial charge in [0.1, 0.15) is 17.4 Å². The molecule has 5 rings (SSSR count). The van der Waals surface area contributed by atoms with Crippen LogP contribution in [0.15, 0.2) is 72.8 Å². The summed E-state index contributed by atoms with van der Waals surface area (Å²) in [5, 5.41) is 18.2. The van der Waals surface area contributed by atoms with Crippen molar-refractivity contribution < 1.29 is 22.8 Å². The number of benzene rings is 3. The average molecular weight is 650 g/mol. The van der Waals surface area contributed by atoms with Crippen LogP contribution < -0.4 is 20.9 Å². The molecule has 0 aliphatic carbocycles. The zero-order chi connectivity index (χ0) is 31.8. The SMILES string of the molecule is CNC(C)(C(N)=O)[C@@H]1CN(C(=O)CS(C)(=O)=O)c2ccccc2N(Cc2nn(-c3ccccc3C#N)c3ccccc23)C1=O.Cl. The first-order valence-corrected chi connectivity index (χ1v) is 15.8. The van der Waals surface area contributed by atoms with Crippen LogP contribution in [0.3, 0.4) is 0 Å². The van der Waals surface area contributed by atoms with Crippen molar-refractivity contribution in [2.45, 2.75) is 19.0 Å². The predicted octanol–water partition coefficient (Wildman–Crippen LogP) is 2.32. The van der Waals surface area contributed by atoms with Gasteiger partial charge in [0.15, 0.2) is 9.84 Å². The number of sulfone groups is 1. The Hall–Kier alpha value is -4.77. The van der Waals surface area contributed by atoms with Crippen LogP contribution in [-0.2, 0) is 30.8 Å². The minimum absolute atomic E-state index is 0. The van der Waals surface area contributed by atoms with E-state index >= 15 is 0 Å². The van der Waals surface area contributed by atoms with Crippen LogP contribution in [0.4, 0.5) is 11.4 Å². The number of rotatable bonds is 8. The van der Waals surface area contributed by atoms with Crippen molar-refractivity contribution in [3.8, 4) is 11.8 Å². The van der Waals surface area contributed by atoms with Crippen molar-refractivity contribution in [1.29, 1.82) is 5.26 Å². The number of amides is 3. The second-order valence-electron chi connectivity index (χ2n) is 10.9. The lowest BCUT2D eigenvalue weighted by Gasteiger charge is -2.36. The highest BCUT2D eigenvalue weighted by molar-refractivity contribution is 7.91. The zero-order valence-electron chi connectivity index (χ0n) is 24.8. The van der Waals surface area contributed by atoms with Crippen molar-refractivity contribution in [2.75, 3.05) is 35.4 Å². The number of para-hydroxylation sites is 4. The highest BCUT2D eigenvalue weighted by Crippen LogP contribution is 2.38. The monoisotopic (exact) mass is 649 g/mol. The number of carbonyl (C=O) groups is 3. The number of likely N-dealkylation sites (N-methyl/N-ethyl adjacent to an activating group) is 1. The molecule has 45 heavy (non-hydrogen) atoms. The molecule has 3 N–H and O–H groups in total. The third-order valence-corrected chi connectivity index (χ3v) is 8.80. The quantitative estimate of drug-likeness (QED) is 0.293. The van der Waals surface area contributed by atoms with E-state index in [2.05, 4.69) is 11.4 Å². The third-order valence-electron chi connectivity index (χ3n) is 8.03. The maximum atomic E-state index is 14.5. The molecule has 0 bridgehead atoms. The van der Waals surface area contributed by atoms with Crippen LogP contribution in [0.2, 0.25) is 0 Å². The van der Waals surface area contributed by atoms with E-state index in [-0.39, 0.29) is 25.5 Å². The zero-order valence-corrected chi connectivity index (χ0v) is 26.4. The summed E-state index contributed by atoms with van der Waals surface area (Å²) in [6.45, 7) is 1.11. The average Bonchev–Trinajstić information content (AvgIpc) is 3.30. The maximum absolute atomic E-state index is 14.5. The van der Waals surface area contributed by atoms with Gasteiger partial charge in [0.25, 0.3) is 0 Å². The Morgan fingerprint density at radius 3 is 2.27 bits per heavy atom. The number of nitriles is 1. The summed E-state index contributed by atoms with van der Waals surface area (Å²) in [6, 6.07) is 23.3. The minimum Gasteiger partial charge on any atom is -0.368 e. The topological polar surface area (TPSA) is 171 Å². The highest BCUT2D eigenvalue weighted by atomic mass is 35.5. The molecule has 1 aliphatic heterocycles. The van der Waals surface area contributed by atoms with Gasteiger partial charge in [-0.3, -0.25) is 14.4 Å². The molecule has 0 radical (unpaired) electrons. The van der Waals surface area contributed by atoms with Gasteiger partial charge in [0.05, 0.1) is 46.3 Å². The van der Waals surface area contributed by atoms with E-state index in [4.69, 9.17) is 10.8 Å². The molecule has 14 heteroatoms. The summed E-state index contributed by atoms with van der Waals surface area (Å²) in [4.78, 5) is 43.5. The number of anilines is 2. The summed E-state index contributed by atoms with van der Waals surface area (Å²) in [7, 11) is -2.23. The van der Waals surface area contributed by atoms with E-state index in [0.29, 0.717) is 33.8 Å². The Morgan fingerprint density at radius 2 is 1.64 bits per heavy atom. The van der Waals surface area contributed by atoms with Crippen molar-refractivity contribution in [3.05, 3.63) is 84.1 Å². The smallest absolute Gasteiger partial charge is 0.242 e. The molecule has 0 fully saturated rings. The summed E-state index contributed by atoms with van der Waals surface area (Å²) >= 11 is 0. The van der Waals surface area contributed by atoms with Gasteiger partial charge >= 0.3 is 0 Å². The van der Waals surface area contributed by atoms with E-state index < -0.39 is 44.8 Å². The number of primary amides is 1. The molecule has 234 valence electrons. The number of fused-ring (bicyclic) bond motifs is 2. The second-order valence-corrected chi connectivity index (χ2v) is 13.0. The fraction of sp³-hybridized carbons (Fsp3) is 0.258. The molecular formula is C31H32ClN7O5S. The van der Waals surface area contributed by atoms with Gasteiger partial charge in [0.2, 0.25) is 17.7 Å². The normalized spacial score (nSPS) is 16.2. The van der Waals surface area contributed by atoms with Crippen molar-refractivity contribution in [3.63, 3.8) is 0 Å². The molecule has 1 aromatic heterocycles. The Labute approximate surface area is 266 Å². The minimum atomic E-state index is -3.72. The lowest BCUT2D eigenvalue weighted by molar-refractivity contribution is -0.133. The van der Waals surface area contributed by atoms with E-state index in [1.807, 2.05) is 24.3 Å². The number of nitrogens with zero attached hydrogens (tertiary/aromatic N) is 5. The molecule has 2 atom stereocenters. The number of aromatic nitrogens is 2. The lowest BCUT2D eigenvalue weighted by Crippen LogP contribution is -2.63. The van der Waals surface area contributed by atoms with Crippen LogP contribution in [0.5, 0.6) is 0 Å². The first-order chi connectivity index (χ1) is 20.9. The van der Waals surface area contributed by atoms with Crippen LogP contribution in [0.1, 0.15) is 18.2 Å². The number of nitrogens with two attached hydrogens (primary N) is 1. The van der Waals surface area contributed by atoms with Crippen molar-refractivity contribution >= 4 is 62.2 Å². The molecule has 1 unspecified atom stereocenters. The molecule has 3 amide bonds. The molecule has 0 spiro atoms. The van der Waals surface area contributed by atoms with Crippen LogP contribution in [-0.4, -0.2) is 67.1 Å². The van der Waals surface area contributed by atoms with E-state index in [0.717, 1.165) is 11.6 Å². The number of carbonyl (C=O) groups excluding carboxylic acids is 3. The molecule has 12 nitrogen and oxygen atoms in total. The van der Waals surface area contributed by atoms with E-state index in [1.165, 1.54) is 23.8 Å². The largest absolute Gasteiger partial charge is 0.368 e. The van der Waals surface area contributed by atoms with E-state index in [1.54, 1.807) is 53.2 Å². The molecule has 3 aromatic carbocycles. The molecule has 0 saturated carbocycles. The predicted molar refractivity (Wildman–Crippen MR) is 173 cm³/mol. The van der Waals surface area contributed by atoms with Gasteiger partial charge in [0, 0.05) is 18.2 Å². The van der Waals surface area contributed by atoms with Gasteiger partial charge in [-0.05, 0) is 44.3 Å². The Bertz CT molecular complexity index is 1950. The maximum Gasteiger partial charge on any atom is 0.242 e. The van der Waals surface area contributed by atoms with Crippen LogP contribution in [0.25, 0.3) is 16.6 Å². The van der Waals surface area contributed by atoms with Crippen molar-refractivity contribution in [2.24, 2.45) is 11.7 Å². The first-order valence-electron chi connectivity index (χ1n) is 13.7. The summed E-state index contributed by atoms with van der Waals surface area (Å²) in [6.07, 6.45) is 0.955. The second kappa shape index (κ2) is 12.7. The Kier molecular flexibility index (Phi) is 9.34. The molecule has 2 heterocycles.